The zero-order chi connectivity index (χ0) is 27.9. The smallest absolute Gasteiger partial charge is 0.397 e. The molecule has 0 saturated heterocycles. The van der Waals surface area contributed by atoms with E-state index in [4.69, 9.17) is 10.2 Å². The van der Waals surface area contributed by atoms with Crippen molar-refractivity contribution in [2.24, 2.45) is 14.1 Å². The first kappa shape index (κ1) is 26.5. The SMILES string of the molecule is Cn1c2c[c-]c(-n3ccc(C(C)(C)c4ccn(-c5[c-]cc6c(c5)c5ccccc5n6C)n4)n3)cc2c2ccccc21.[Pt+2]. The molecule has 4 aromatic carbocycles. The molecule has 0 saturated carbocycles. The number of hydrogen-bond donors (Lipinski definition) is 0. The fourth-order valence-corrected chi connectivity index (χ4v) is 6.16. The summed E-state index contributed by atoms with van der Waals surface area (Å²) in [6, 6.07) is 36.5. The summed E-state index contributed by atoms with van der Waals surface area (Å²) in [5.41, 5.74) is 8.07. The minimum Gasteiger partial charge on any atom is -0.397 e. The van der Waals surface area contributed by atoms with Crippen molar-refractivity contribution in [1.82, 2.24) is 28.7 Å². The monoisotopic (exact) mass is 727 g/mol. The van der Waals surface area contributed by atoms with Gasteiger partial charge in [-0.05, 0) is 74.4 Å². The largest absolute Gasteiger partial charge is 2.00 e. The Morgan fingerprint density at radius 1 is 0.571 bits per heavy atom. The molecule has 4 heterocycles. The molecule has 0 amide bonds. The first-order valence-electron chi connectivity index (χ1n) is 13.8. The third-order valence-electron chi connectivity index (χ3n) is 8.61. The number of aromatic nitrogens is 6. The van der Waals surface area contributed by atoms with Gasteiger partial charge in [-0.3, -0.25) is 9.36 Å². The molecule has 0 aliphatic carbocycles. The third kappa shape index (κ3) is 3.82. The van der Waals surface area contributed by atoms with Crippen LogP contribution >= 0.6 is 0 Å². The van der Waals surface area contributed by atoms with Crippen LogP contribution in [0, 0.1) is 12.1 Å². The maximum atomic E-state index is 5.00. The number of fused-ring (bicyclic) bond motifs is 6. The molecule has 42 heavy (non-hydrogen) atoms. The average Bonchev–Trinajstić information content (AvgIpc) is 3.80. The molecule has 0 bridgehead atoms. The van der Waals surface area contributed by atoms with Gasteiger partial charge in [-0.25, -0.2) is 0 Å². The van der Waals surface area contributed by atoms with Crippen LogP contribution in [-0.2, 0) is 40.6 Å². The second-order valence-electron chi connectivity index (χ2n) is 11.3. The van der Waals surface area contributed by atoms with Crippen LogP contribution in [0.3, 0.4) is 0 Å². The number of nitrogens with zero attached hydrogens (tertiary/aromatic N) is 6. The Bertz CT molecular complexity index is 2120. The Morgan fingerprint density at radius 3 is 1.45 bits per heavy atom. The van der Waals surface area contributed by atoms with E-state index in [1.807, 2.05) is 21.8 Å². The second-order valence-corrected chi connectivity index (χ2v) is 11.3. The summed E-state index contributed by atoms with van der Waals surface area (Å²) in [5.74, 6) is 0. The van der Waals surface area contributed by atoms with E-state index in [0.717, 1.165) is 33.8 Å². The quantitative estimate of drug-likeness (QED) is 0.179. The summed E-state index contributed by atoms with van der Waals surface area (Å²) < 4.78 is 8.26. The number of hydrogen-bond acceptors (Lipinski definition) is 2. The maximum absolute atomic E-state index is 5.00. The Morgan fingerprint density at radius 2 is 1.00 bits per heavy atom. The van der Waals surface area contributed by atoms with E-state index in [1.54, 1.807) is 0 Å². The van der Waals surface area contributed by atoms with Gasteiger partial charge in [-0.1, -0.05) is 47.4 Å². The van der Waals surface area contributed by atoms with E-state index >= 15 is 0 Å². The molecule has 0 spiro atoms. The number of benzene rings is 4. The van der Waals surface area contributed by atoms with Gasteiger partial charge in [0.15, 0.2) is 0 Å². The van der Waals surface area contributed by atoms with Gasteiger partial charge in [0.1, 0.15) is 0 Å². The predicted molar refractivity (Wildman–Crippen MR) is 165 cm³/mol. The molecule has 8 rings (SSSR count). The summed E-state index contributed by atoms with van der Waals surface area (Å²) in [7, 11) is 4.20. The van der Waals surface area contributed by atoms with Crippen molar-refractivity contribution in [1.29, 1.82) is 0 Å². The normalized spacial score (nSPS) is 12.1. The molecule has 0 unspecified atom stereocenters. The summed E-state index contributed by atoms with van der Waals surface area (Å²) in [6.45, 7) is 4.34. The van der Waals surface area contributed by atoms with Crippen molar-refractivity contribution >= 4 is 43.6 Å². The van der Waals surface area contributed by atoms with Crippen molar-refractivity contribution in [3.05, 3.63) is 121 Å². The van der Waals surface area contributed by atoms with Gasteiger partial charge in [-0.2, -0.15) is 34.5 Å². The van der Waals surface area contributed by atoms with E-state index in [0.29, 0.717) is 0 Å². The minimum atomic E-state index is -0.399. The Kier molecular flexibility index (Phi) is 6.03. The van der Waals surface area contributed by atoms with Gasteiger partial charge < -0.3 is 9.13 Å². The first-order valence-corrected chi connectivity index (χ1v) is 13.8. The summed E-state index contributed by atoms with van der Waals surface area (Å²) in [4.78, 5) is 0. The molecular formula is C35H28N6Pt. The minimum absolute atomic E-state index is 0. The van der Waals surface area contributed by atoms with Gasteiger partial charge >= 0.3 is 21.1 Å². The van der Waals surface area contributed by atoms with Crippen molar-refractivity contribution in [2.45, 2.75) is 19.3 Å². The molecule has 0 aliphatic heterocycles. The average molecular weight is 728 g/mol. The molecule has 0 N–H and O–H groups in total. The number of rotatable bonds is 4. The van der Waals surface area contributed by atoms with Gasteiger partial charge in [0.2, 0.25) is 0 Å². The molecule has 8 aromatic rings. The first-order chi connectivity index (χ1) is 19.9. The second kappa shape index (κ2) is 9.57. The molecule has 0 atom stereocenters. The van der Waals surface area contributed by atoms with E-state index in [1.165, 1.54) is 32.6 Å². The van der Waals surface area contributed by atoms with Crippen LogP contribution in [0.1, 0.15) is 25.2 Å². The molecule has 6 nitrogen and oxygen atoms in total. The van der Waals surface area contributed by atoms with Crippen LogP contribution < -0.4 is 0 Å². The van der Waals surface area contributed by atoms with Crippen molar-refractivity contribution in [3.63, 3.8) is 0 Å². The molecule has 0 radical (unpaired) electrons. The molecule has 208 valence electrons. The summed E-state index contributed by atoms with van der Waals surface area (Å²) >= 11 is 0. The fraction of sp³-hybridized carbons (Fsp3) is 0.143. The number of para-hydroxylation sites is 2. The Balaban J connectivity index is 0.00000288. The molecule has 7 heteroatoms. The zero-order valence-corrected chi connectivity index (χ0v) is 26.0. The van der Waals surface area contributed by atoms with Crippen LogP contribution in [0.5, 0.6) is 0 Å². The van der Waals surface area contributed by atoms with Crippen molar-refractivity contribution in [2.75, 3.05) is 0 Å². The van der Waals surface area contributed by atoms with E-state index in [-0.39, 0.29) is 21.1 Å². The van der Waals surface area contributed by atoms with E-state index < -0.39 is 5.41 Å². The van der Waals surface area contributed by atoms with Crippen molar-refractivity contribution < 1.29 is 21.1 Å². The molecule has 0 aliphatic rings. The topological polar surface area (TPSA) is 45.5 Å². The summed E-state index contributed by atoms with van der Waals surface area (Å²) in [6.07, 6.45) is 4.03. The Hall–Kier alpha value is -4.41. The zero-order valence-electron chi connectivity index (χ0n) is 23.7. The fourth-order valence-electron chi connectivity index (χ4n) is 6.16. The molecule has 0 fully saturated rings. The van der Waals surface area contributed by atoms with Gasteiger partial charge in [-0.15, -0.1) is 22.9 Å². The van der Waals surface area contributed by atoms with Crippen LogP contribution in [0.2, 0.25) is 0 Å². The van der Waals surface area contributed by atoms with Gasteiger partial charge in [0.05, 0.1) is 16.8 Å². The Labute approximate surface area is 258 Å². The van der Waals surface area contributed by atoms with Crippen LogP contribution in [0.15, 0.2) is 97.3 Å². The van der Waals surface area contributed by atoms with Gasteiger partial charge in [0, 0.05) is 23.4 Å². The van der Waals surface area contributed by atoms with Crippen molar-refractivity contribution in [3.8, 4) is 11.4 Å². The molecular weight excluding hydrogens is 700 g/mol. The van der Waals surface area contributed by atoms with Gasteiger partial charge in [0.25, 0.3) is 0 Å². The summed E-state index contributed by atoms with van der Waals surface area (Å²) in [5, 5.41) is 14.9. The molecule has 4 aromatic heterocycles. The van der Waals surface area contributed by atoms with Crippen LogP contribution in [0.25, 0.3) is 55.0 Å². The third-order valence-corrected chi connectivity index (χ3v) is 8.61. The number of aryl methyl sites for hydroxylation is 2. The predicted octanol–water partition coefficient (Wildman–Crippen LogP) is 7.27. The van der Waals surface area contributed by atoms with E-state index in [2.05, 4.69) is 134 Å². The van der Waals surface area contributed by atoms with Crippen LogP contribution in [0.4, 0.5) is 0 Å². The maximum Gasteiger partial charge on any atom is 2.00 e. The standard InChI is InChI=1S/C35H28N6.Pt/c1-35(2,33-17-19-40(36-33)23-13-15-31-27(21-23)25-9-5-7-11-29(25)38(31)3)34-18-20-41(37-34)24-14-16-32-28(22-24)26-10-6-8-12-30(26)39(32)4;/h5-12,15-22H,1-4H3;/q-2;+2. The van der Waals surface area contributed by atoms with E-state index in [9.17, 15) is 0 Å². The van der Waals surface area contributed by atoms with Crippen LogP contribution in [-0.4, -0.2) is 28.7 Å².